The monoisotopic (exact) mass is 445 g/mol. The molecule has 154 valence electrons. The predicted octanol–water partition coefficient (Wildman–Crippen LogP) is 3.49. The second-order valence-corrected chi connectivity index (χ2v) is 9.89. The van der Waals surface area contributed by atoms with Crippen LogP contribution in [0, 0.1) is 0 Å². The van der Waals surface area contributed by atoms with Gasteiger partial charge >= 0.3 is 0 Å². The first kappa shape index (κ1) is 23.0. The van der Waals surface area contributed by atoms with Gasteiger partial charge in [0.25, 0.3) is 10.1 Å². The van der Waals surface area contributed by atoms with E-state index in [4.69, 9.17) is 21.9 Å². The number of benzene rings is 2. The van der Waals surface area contributed by atoms with Gasteiger partial charge in [0.15, 0.2) is 0 Å². The lowest BCUT2D eigenvalue weighted by molar-refractivity contribution is 0.180. The van der Waals surface area contributed by atoms with Crippen LogP contribution in [-0.2, 0) is 16.5 Å². The molecule has 5 N–H and O–H groups in total. The number of nitrogens with two attached hydrogens (primary N) is 1. The maximum absolute atomic E-state index is 10.9. The van der Waals surface area contributed by atoms with Crippen molar-refractivity contribution in [3.05, 3.63) is 53.1 Å². The Hall–Kier alpha value is -1.29. The van der Waals surface area contributed by atoms with Crippen LogP contribution < -0.4 is 5.73 Å². The van der Waals surface area contributed by atoms with Crippen LogP contribution >= 0.6 is 23.4 Å². The lowest BCUT2D eigenvalue weighted by Crippen LogP contribution is -2.45. The third-order valence-corrected chi connectivity index (χ3v) is 6.42. The molecular formula is C19H24ClNO5S2. The van der Waals surface area contributed by atoms with Crippen molar-refractivity contribution >= 4 is 33.5 Å². The molecule has 6 nitrogen and oxygen atoms in total. The molecular weight excluding hydrogens is 422 g/mol. The first-order valence-electron chi connectivity index (χ1n) is 8.70. The van der Waals surface area contributed by atoms with Gasteiger partial charge in [-0.25, -0.2) is 0 Å². The summed E-state index contributed by atoms with van der Waals surface area (Å²) in [6, 6.07) is 12.7. The second kappa shape index (κ2) is 9.96. The molecule has 1 unspecified atom stereocenters. The summed E-state index contributed by atoms with van der Waals surface area (Å²) in [5, 5.41) is 19.6. The quantitative estimate of drug-likeness (QED) is 0.413. The molecule has 0 radical (unpaired) electrons. The summed E-state index contributed by atoms with van der Waals surface area (Å²) in [6.07, 6.45) is 1.62. The first-order chi connectivity index (χ1) is 13.1. The van der Waals surface area contributed by atoms with Crippen molar-refractivity contribution < 1.29 is 23.2 Å². The lowest BCUT2D eigenvalue weighted by atomic mass is 9.91. The number of halogens is 1. The maximum Gasteiger partial charge on any atom is 0.264 e. The largest absolute Gasteiger partial charge is 0.508 e. The van der Waals surface area contributed by atoms with E-state index in [9.17, 15) is 18.6 Å². The molecule has 0 spiro atoms. The number of aliphatic hydroxyl groups is 1. The van der Waals surface area contributed by atoms with Crippen molar-refractivity contribution in [1.29, 1.82) is 0 Å². The lowest BCUT2D eigenvalue weighted by Gasteiger charge is -2.26. The molecule has 2 rings (SSSR count). The Balaban J connectivity index is 1.93. The van der Waals surface area contributed by atoms with Gasteiger partial charge in [0.1, 0.15) is 5.75 Å². The molecule has 2 aromatic carbocycles. The SMILES string of the molecule is NC(CO)(CCCc1ccc(Sc2cccc(O)c2)cc1Cl)CCS(=O)(=O)O. The Morgan fingerprint density at radius 3 is 2.43 bits per heavy atom. The Labute approximate surface area is 174 Å². The summed E-state index contributed by atoms with van der Waals surface area (Å²) < 4.78 is 30.7. The molecule has 0 heterocycles. The molecule has 0 fully saturated rings. The Kier molecular flexibility index (Phi) is 8.18. The number of phenolic OH excluding ortho intramolecular Hbond substituents is 1. The average Bonchev–Trinajstić information content (AvgIpc) is 2.61. The van der Waals surface area contributed by atoms with Gasteiger partial charge in [-0.05, 0) is 61.6 Å². The van der Waals surface area contributed by atoms with Crippen LogP contribution in [0.3, 0.4) is 0 Å². The highest BCUT2D eigenvalue weighted by Gasteiger charge is 2.25. The molecule has 0 saturated carbocycles. The van der Waals surface area contributed by atoms with Crippen LogP contribution in [0.15, 0.2) is 52.3 Å². The van der Waals surface area contributed by atoms with Crippen molar-refractivity contribution in [3.8, 4) is 5.75 Å². The smallest absolute Gasteiger partial charge is 0.264 e. The fourth-order valence-corrected chi connectivity index (χ4v) is 4.64. The number of hydrogen-bond acceptors (Lipinski definition) is 6. The molecule has 1 atom stereocenters. The van der Waals surface area contributed by atoms with E-state index < -0.39 is 21.4 Å². The molecule has 0 aromatic heterocycles. The summed E-state index contributed by atoms with van der Waals surface area (Å²) in [5.41, 5.74) is 5.91. The van der Waals surface area contributed by atoms with E-state index in [1.54, 1.807) is 18.2 Å². The normalized spacial score (nSPS) is 14.0. The fraction of sp³-hybridized carbons (Fsp3) is 0.368. The van der Waals surface area contributed by atoms with Crippen molar-refractivity contribution in [2.45, 2.75) is 41.0 Å². The molecule has 0 aliphatic heterocycles. The molecule has 0 amide bonds. The third-order valence-electron chi connectivity index (χ3n) is 4.37. The van der Waals surface area contributed by atoms with Crippen LogP contribution in [0.2, 0.25) is 5.02 Å². The molecule has 2 aromatic rings. The minimum atomic E-state index is -4.11. The van der Waals surface area contributed by atoms with E-state index in [0.717, 1.165) is 15.4 Å². The highest BCUT2D eigenvalue weighted by atomic mass is 35.5. The topological polar surface area (TPSA) is 121 Å². The second-order valence-electron chi connectivity index (χ2n) is 6.76. The van der Waals surface area contributed by atoms with Crippen molar-refractivity contribution in [1.82, 2.24) is 0 Å². The molecule has 9 heteroatoms. The van der Waals surface area contributed by atoms with Crippen molar-refractivity contribution in [2.24, 2.45) is 5.73 Å². The summed E-state index contributed by atoms with van der Waals surface area (Å²) in [5.74, 6) is -0.276. The maximum atomic E-state index is 10.9. The molecule has 0 aliphatic rings. The van der Waals surface area contributed by atoms with Gasteiger partial charge in [0.2, 0.25) is 0 Å². The minimum absolute atomic E-state index is 0.0183. The number of aliphatic hydroxyl groups excluding tert-OH is 1. The number of phenols is 1. The van der Waals surface area contributed by atoms with E-state index in [-0.39, 0.29) is 18.8 Å². The molecule has 0 saturated heterocycles. The van der Waals surface area contributed by atoms with Crippen LogP contribution in [-0.4, -0.2) is 41.1 Å². The first-order valence-corrected chi connectivity index (χ1v) is 11.5. The van der Waals surface area contributed by atoms with Crippen LogP contribution in [0.5, 0.6) is 5.75 Å². The number of aryl methyl sites for hydroxylation is 1. The van der Waals surface area contributed by atoms with Crippen molar-refractivity contribution in [3.63, 3.8) is 0 Å². The fourth-order valence-electron chi connectivity index (χ4n) is 2.72. The van der Waals surface area contributed by atoms with E-state index >= 15 is 0 Å². The zero-order valence-electron chi connectivity index (χ0n) is 15.2. The zero-order valence-corrected chi connectivity index (χ0v) is 17.6. The number of rotatable bonds is 10. The van der Waals surface area contributed by atoms with E-state index in [1.807, 2.05) is 24.3 Å². The third kappa shape index (κ3) is 7.62. The van der Waals surface area contributed by atoms with Gasteiger partial charge in [-0.1, -0.05) is 35.5 Å². The van der Waals surface area contributed by atoms with Gasteiger partial charge in [-0.3, -0.25) is 4.55 Å². The summed E-state index contributed by atoms with van der Waals surface area (Å²) >= 11 is 7.86. The average molecular weight is 446 g/mol. The predicted molar refractivity (Wildman–Crippen MR) is 112 cm³/mol. The standard InChI is InChI=1S/C19H24ClNO5S2/c20-18-12-17(27-16-5-1-4-15(23)11-16)7-6-14(18)3-2-8-19(21,13-22)9-10-28(24,25)26/h1,4-7,11-12,22-23H,2-3,8-10,13,21H2,(H,24,25,26). The zero-order chi connectivity index (χ0) is 20.8. The number of hydrogen-bond donors (Lipinski definition) is 4. The summed E-state index contributed by atoms with van der Waals surface area (Å²) in [6.45, 7) is -0.365. The van der Waals surface area contributed by atoms with Gasteiger partial charge in [0, 0.05) is 20.4 Å². The van der Waals surface area contributed by atoms with Gasteiger partial charge in [-0.15, -0.1) is 0 Å². The van der Waals surface area contributed by atoms with Crippen LogP contribution in [0.4, 0.5) is 0 Å². The van der Waals surface area contributed by atoms with Gasteiger partial charge in [-0.2, -0.15) is 8.42 Å². The molecule has 0 bridgehead atoms. The van der Waals surface area contributed by atoms with Crippen LogP contribution in [0.1, 0.15) is 24.8 Å². The van der Waals surface area contributed by atoms with E-state index in [1.165, 1.54) is 11.8 Å². The van der Waals surface area contributed by atoms with Gasteiger partial charge in [0.05, 0.1) is 12.4 Å². The van der Waals surface area contributed by atoms with E-state index in [2.05, 4.69) is 0 Å². The summed E-state index contributed by atoms with van der Waals surface area (Å²) in [7, 11) is -4.11. The molecule has 28 heavy (non-hydrogen) atoms. The summed E-state index contributed by atoms with van der Waals surface area (Å²) in [4.78, 5) is 1.84. The highest BCUT2D eigenvalue weighted by molar-refractivity contribution is 7.99. The Bertz CT molecular complexity index is 907. The van der Waals surface area contributed by atoms with Crippen molar-refractivity contribution in [2.75, 3.05) is 12.4 Å². The number of aromatic hydroxyl groups is 1. The Morgan fingerprint density at radius 1 is 1.11 bits per heavy atom. The van der Waals surface area contributed by atoms with Gasteiger partial charge < -0.3 is 15.9 Å². The minimum Gasteiger partial charge on any atom is -0.508 e. The highest BCUT2D eigenvalue weighted by Crippen LogP contribution is 2.33. The Morgan fingerprint density at radius 2 is 1.82 bits per heavy atom. The van der Waals surface area contributed by atoms with E-state index in [0.29, 0.717) is 24.3 Å². The molecule has 0 aliphatic carbocycles. The van der Waals surface area contributed by atoms with Crippen LogP contribution in [0.25, 0.3) is 0 Å².